The molecule has 0 fully saturated rings. The zero-order valence-corrected chi connectivity index (χ0v) is 17.7. The average Bonchev–Trinajstić information content (AvgIpc) is 3.17. The van der Waals surface area contributed by atoms with E-state index in [9.17, 15) is 0 Å². The van der Waals surface area contributed by atoms with Crippen molar-refractivity contribution in [3.8, 4) is 0 Å². The van der Waals surface area contributed by atoms with Gasteiger partial charge in [0.1, 0.15) is 0 Å². The molecule has 2 aliphatic carbocycles. The Morgan fingerprint density at radius 2 is 1.61 bits per heavy atom. The van der Waals surface area contributed by atoms with Crippen molar-refractivity contribution in [2.75, 3.05) is 5.32 Å². The van der Waals surface area contributed by atoms with Gasteiger partial charge in [-0.2, -0.15) is 0 Å². The Bertz CT molecular complexity index is 1190. The number of fused-ring (bicyclic) bond motifs is 5. The highest BCUT2D eigenvalue weighted by Gasteiger charge is 2.35. The van der Waals surface area contributed by atoms with Crippen molar-refractivity contribution in [3.63, 3.8) is 0 Å². The molecule has 1 N–H and O–H groups in total. The summed E-state index contributed by atoms with van der Waals surface area (Å²) in [5, 5.41) is 5.05. The quantitative estimate of drug-likeness (QED) is 0.490. The first-order chi connectivity index (χ1) is 13.6. The van der Waals surface area contributed by atoms with E-state index in [0.29, 0.717) is 12.0 Å². The van der Waals surface area contributed by atoms with Crippen molar-refractivity contribution in [1.29, 1.82) is 0 Å². The summed E-state index contributed by atoms with van der Waals surface area (Å²) in [6.07, 6.45) is 4.76. The number of hydrogen-bond acceptors (Lipinski definition) is 2. The summed E-state index contributed by atoms with van der Waals surface area (Å²) < 4.78 is 1.38. The van der Waals surface area contributed by atoms with E-state index >= 15 is 0 Å². The number of anilines is 1. The Balaban J connectivity index is 1.69. The lowest BCUT2D eigenvalue weighted by atomic mass is 9.82. The van der Waals surface area contributed by atoms with Gasteiger partial charge in [-0.1, -0.05) is 42.5 Å². The van der Waals surface area contributed by atoms with Crippen LogP contribution in [0, 0.1) is 5.92 Å². The molecule has 1 heterocycles. The first-order valence-electron chi connectivity index (χ1n) is 10.0. The van der Waals surface area contributed by atoms with Crippen LogP contribution >= 0.6 is 11.3 Å². The molecule has 0 amide bonds. The number of hydrogen-bond donors (Lipinski definition) is 1. The van der Waals surface area contributed by atoms with E-state index in [-0.39, 0.29) is 0 Å². The Morgan fingerprint density at radius 3 is 2.43 bits per heavy atom. The fourth-order valence-corrected chi connectivity index (χ4v) is 5.85. The van der Waals surface area contributed by atoms with Gasteiger partial charge in [-0.3, -0.25) is 0 Å². The second-order valence-electron chi connectivity index (χ2n) is 8.10. The molecule has 1 aromatic heterocycles. The van der Waals surface area contributed by atoms with Gasteiger partial charge in [0.05, 0.1) is 0 Å². The molecule has 3 aromatic rings. The van der Waals surface area contributed by atoms with E-state index < -0.39 is 0 Å². The maximum absolute atomic E-state index is 3.65. The summed E-state index contributed by atoms with van der Waals surface area (Å²) in [4.78, 5) is 1.40. The standard InChI is InChI=1S/C26H25NS/c1-15(2)27-21-11-7-5-9-18(21)24-16(3)17(4)25-20(24)13-14-23-26(25)19-10-6-8-12-22(19)28-23/h5-15,20,27H,1-4H3. The summed E-state index contributed by atoms with van der Waals surface area (Å²) in [6, 6.07) is 18.0. The van der Waals surface area contributed by atoms with Crippen molar-refractivity contribution in [2.24, 2.45) is 5.92 Å². The van der Waals surface area contributed by atoms with E-state index in [0.717, 1.165) is 0 Å². The fourth-order valence-electron chi connectivity index (χ4n) is 4.72. The van der Waals surface area contributed by atoms with E-state index in [1.54, 1.807) is 0 Å². The van der Waals surface area contributed by atoms with Gasteiger partial charge >= 0.3 is 0 Å². The van der Waals surface area contributed by atoms with E-state index in [4.69, 9.17) is 0 Å². The zero-order chi connectivity index (χ0) is 19.4. The van der Waals surface area contributed by atoms with Crippen molar-refractivity contribution in [1.82, 2.24) is 0 Å². The van der Waals surface area contributed by atoms with Gasteiger partial charge in [0.15, 0.2) is 0 Å². The molecule has 1 atom stereocenters. The second-order valence-corrected chi connectivity index (χ2v) is 9.18. The van der Waals surface area contributed by atoms with Crippen LogP contribution in [0.1, 0.15) is 43.7 Å². The molecule has 140 valence electrons. The van der Waals surface area contributed by atoms with Crippen LogP contribution in [0.5, 0.6) is 0 Å². The highest BCUT2D eigenvalue weighted by atomic mass is 32.1. The van der Waals surface area contributed by atoms with Gasteiger partial charge in [0.2, 0.25) is 0 Å². The first kappa shape index (κ1) is 17.5. The van der Waals surface area contributed by atoms with Gasteiger partial charge in [-0.05, 0) is 68.2 Å². The minimum Gasteiger partial charge on any atom is -0.382 e. The van der Waals surface area contributed by atoms with Gasteiger partial charge in [-0.15, -0.1) is 11.3 Å². The van der Waals surface area contributed by atoms with E-state index in [1.807, 2.05) is 11.3 Å². The molecule has 1 nitrogen and oxygen atoms in total. The highest BCUT2D eigenvalue weighted by molar-refractivity contribution is 7.20. The van der Waals surface area contributed by atoms with Crippen LogP contribution in [-0.4, -0.2) is 6.04 Å². The third-order valence-electron chi connectivity index (χ3n) is 5.99. The molecule has 5 rings (SSSR count). The van der Waals surface area contributed by atoms with Crippen molar-refractivity contribution in [3.05, 3.63) is 81.8 Å². The molecular formula is C26H25NS. The predicted molar refractivity (Wildman–Crippen MR) is 125 cm³/mol. The minimum atomic E-state index is 0.334. The summed E-state index contributed by atoms with van der Waals surface area (Å²) in [5.74, 6) is 0.334. The maximum atomic E-state index is 3.65. The minimum absolute atomic E-state index is 0.334. The Kier molecular flexibility index (Phi) is 4.06. The number of benzene rings is 2. The van der Waals surface area contributed by atoms with Crippen LogP contribution in [-0.2, 0) is 0 Å². The van der Waals surface area contributed by atoms with E-state index in [1.165, 1.54) is 54.1 Å². The summed E-state index contributed by atoms with van der Waals surface area (Å²) in [6.45, 7) is 9.00. The molecule has 1 unspecified atom stereocenters. The number of thiophene rings is 1. The van der Waals surface area contributed by atoms with Crippen LogP contribution in [0.15, 0.2) is 65.8 Å². The topological polar surface area (TPSA) is 12.0 Å². The van der Waals surface area contributed by atoms with Crippen LogP contribution in [0.3, 0.4) is 0 Å². The van der Waals surface area contributed by atoms with Crippen molar-refractivity contribution < 1.29 is 0 Å². The Labute approximate surface area is 171 Å². The lowest BCUT2D eigenvalue weighted by molar-refractivity contribution is 0.898. The average molecular weight is 384 g/mol. The predicted octanol–water partition coefficient (Wildman–Crippen LogP) is 7.63. The number of nitrogens with one attached hydrogen (secondary N) is 1. The molecular weight excluding hydrogens is 358 g/mol. The molecule has 2 heteroatoms. The Hall–Kier alpha value is -2.58. The number of rotatable bonds is 3. The lowest BCUT2D eigenvalue weighted by Crippen LogP contribution is -2.12. The summed E-state index contributed by atoms with van der Waals surface area (Å²) in [7, 11) is 0. The van der Waals surface area contributed by atoms with Gasteiger partial charge in [0, 0.05) is 43.7 Å². The van der Waals surface area contributed by atoms with Gasteiger partial charge in [-0.25, -0.2) is 0 Å². The van der Waals surface area contributed by atoms with Crippen LogP contribution in [0.2, 0.25) is 0 Å². The zero-order valence-electron chi connectivity index (χ0n) is 16.8. The molecule has 0 spiro atoms. The van der Waals surface area contributed by atoms with Crippen molar-refractivity contribution in [2.45, 2.75) is 33.7 Å². The summed E-state index contributed by atoms with van der Waals surface area (Å²) in [5.41, 5.74) is 9.83. The Morgan fingerprint density at radius 1 is 0.893 bits per heavy atom. The van der Waals surface area contributed by atoms with Crippen LogP contribution < -0.4 is 5.32 Å². The molecule has 0 saturated heterocycles. The maximum Gasteiger partial charge on any atom is 0.0418 e. The summed E-state index contributed by atoms with van der Waals surface area (Å²) >= 11 is 1.91. The molecule has 2 aliphatic rings. The third kappa shape index (κ3) is 2.51. The molecule has 2 aromatic carbocycles. The first-order valence-corrected chi connectivity index (χ1v) is 10.9. The SMILES string of the molecule is CC1=C(c2ccccc2NC(C)C)C2C=Cc3sc4ccccc4c3C2=C1C. The normalized spacial score (nSPS) is 18.2. The van der Waals surface area contributed by atoms with Crippen molar-refractivity contribution >= 4 is 44.3 Å². The highest BCUT2D eigenvalue weighted by Crippen LogP contribution is 2.54. The number of allylic oxidation sites excluding steroid dienone is 5. The number of para-hydroxylation sites is 1. The van der Waals surface area contributed by atoms with Crippen LogP contribution in [0.25, 0.3) is 27.3 Å². The molecule has 0 radical (unpaired) electrons. The van der Waals surface area contributed by atoms with E-state index in [2.05, 4.69) is 93.7 Å². The molecule has 0 aliphatic heterocycles. The van der Waals surface area contributed by atoms with Crippen LogP contribution in [0.4, 0.5) is 5.69 Å². The van der Waals surface area contributed by atoms with Gasteiger partial charge < -0.3 is 5.32 Å². The fraction of sp³-hybridized carbons (Fsp3) is 0.231. The molecule has 0 saturated carbocycles. The second kappa shape index (κ2) is 6.49. The molecule has 28 heavy (non-hydrogen) atoms. The largest absolute Gasteiger partial charge is 0.382 e. The monoisotopic (exact) mass is 383 g/mol. The lowest BCUT2D eigenvalue weighted by Gasteiger charge is -2.23. The molecule has 0 bridgehead atoms. The third-order valence-corrected chi connectivity index (χ3v) is 7.12. The van der Waals surface area contributed by atoms with Gasteiger partial charge in [0.25, 0.3) is 0 Å². The smallest absolute Gasteiger partial charge is 0.0418 e.